The Kier molecular flexibility index (Phi) is 6.17. The van der Waals surface area contributed by atoms with Gasteiger partial charge in [0.1, 0.15) is 12.4 Å². The van der Waals surface area contributed by atoms with E-state index in [0.717, 1.165) is 16.8 Å². The Morgan fingerprint density at radius 1 is 1.19 bits per heavy atom. The molecule has 0 bridgehead atoms. The largest absolute Gasteiger partial charge is 0.491 e. The quantitative estimate of drug-likeness (QED) is 0.620. The van der Waals surface area contributed by atoms with E-state index < -0.39 is 0 Å². The number of hydrogen-bond donors (Lipinski definition) is 1. The summed E-state index contributed by atoms with van der Waals surface area (Å²) in [6.07, 6.45) is 5.39. The van der Waals surface area contributed by atoms with Crippen LogP contribution < -0.4 is 10.1 Å². The second-order valence-corrected chi connectivity index (χ2v) is 5.96. The van der Waals surface area contributed by atoms with E-state index in [1.807, 2.05) is 25.4 Å². The molecule has 0 aliphatic heterocycles. The van der Waals surface area contributed by atoms with E-state index in [1.165, 1.54) is 0 Å². The molecule has 7 heteroatoms. The van der Waals surface area contributed by atoms with Crippen molar-refractivity contribution in [2.75, 3.05) is 20.3 Å². The molecule has 3 aromatic rings. The van der Waals surface area contributed by atoms with Gasteiger partial charge < -0.3 is 14.8 Å². The summed E-state index contributed by atoms with van der Waals surface area (Å²) in [5.74, 6) is 0.550. The Labute approximate surface area is 158 Å². The second-order valence-electron chi connectivity index (χ2n) is 5.96. The molecule has 3 rings (SSSR count). The molecule has 0 spiro atoms. The van der Waals surface area contributed by atoms with Crippen molar-refractivity contribution < 1.29 is 14.3 Å². The predicted molar refractivity (Wildman–Crippen MR) is 101 cm³/mol. The average Bonchev–Trinajstić information content (AvgIpc) is 3.13. The fraction of sp³-hybridized carbons (Fsp3) is 0.250. The zero-order chi connectivity index (χ0) is 19.1. The van der Waals surface area contributed by atoms with Crippen LogP contribution in [0.1, 0.15) is 15.9 Å². The van der Waals surface area contributed by atoms with Crippen LogP contribution in [0, 0.1) is 0 Å². The fourth-order valence-electron chi connectivity index (χ4n) is 2.61. The number of methoxy groups -OCH3 is 1. The van der Waals surface area contributed by atoms with E-state index in [0.29, 0.717) is 31.1 Å². The topological polar surface area (TPSA) is 78.3 Å². The summed E-state index contributed by atoms with van der Waals surface area (Å²) in [7, 11) is 3.48. The van der Waals surface area contributed by atoms with Gasteiger partial charge in [0.15, 0.2) is 0 Å². The number of pyridine rings is 1. The lowest BCUT2D eigenvalue weighted by Gasteiger charge is -2.10. The zero-order valence-electron chi connectivity index (χ0n) is 15.4. The standard InChI is InChI=1S/C20H22N4O3/c1-24-14-17(13-23-24)19-16(4-3-9-21-19)12-22-20(25)15-5-7-18(8-6-15)27-11-10-26-2/h3-9,13-14H,10-12H2,1-2H3,(H,22,25). The maximum atomic E-state index is 12.4. The molecule has 7 nitrogen and oxygen atoms in total. The molecule has 0 atom stereocenters. The van der Waals surface area contributed by atoms with E-state index in [1.54, 1.807) is 48.5 Å². The summed E-state index contributed by atoms with van der Waals surface area (Å²) < 4.78 is 12.2. The highest BCUT2D eigenvalue weighted by molar-refractivity contribution is 5.94. The van der Waals surface area contributed by atoms with Gasteiger partial charge in [-0.3, -0.25) is 14.5 Å². The smallest absolute Gasteiger partial charge is 0.251 e. The number of ether oxygens (including phenoxy) is 2. The molecule has 2 heterocycles. The van der Waals surface area contributed by atoms with Crippen LogP contribution in [0.4, 0.5) is 0 Å². The lowest BCUT2D eigenvalue weighted by Crippen LogP contribution is -2.23. The molecule has 1 aromatic carbocycles. The SMILES string of the molecule is COCCOc1ccc(C(=O)NCc2cccnc2-c2cnn(C)c2)cc1. The van der Waals surface area contributed by atoms with Crippen LogP contribution in [0.15, 0.2) is 55.0 Å². The third kappa shape index (κ3) is 4.92. The van der Waals surface area contributed by atoms with Gasteiger partial charge >= 0.3 is 0 Å². The van der Waals surface area contributed by atoms with Gasteiger partial charge in [-0.1, -0.05) is 6.07 Å². The van der Waals surface area contributed by atoms with Crippen LogP contribution in [0.25, 0.3) is 11.3 Å². The highest BCUT2D eigenvalue weighted by atomic mass is 16.5. The van der Waals surface area contributed by atoms with Crippen LogP contribution in [0.5, 0.6) is 5.75 Å². The minimum Gasteiger partial charge on any atom is -0.491 e. The minimum absolute atomic E-state index is 0.153. The maximum absolute atomic E-state index is 12.4. The number of aryl methyl sites for hydroxylation is 1. The molecule has 1 N–H and O–H groups in total. The number of aromatic nitrogens is 3. The van der Waals surface area contributed by atoms with Gasteiger partial charge in [-0.2, -0.15) is 5.10 Å². The van der Waals surface area contributed by atoms with Crippen molar-refractivity contribution in [2.45, 2.75) is 6.54 Å². The summed E-state index contributed by atoms with van der Waals surface area (Å²) in [6.45, 7) is 1.37. The summed E-state index contributed by atoms with van der Waals surface area (Å²) in [5.41, 5.74) is 3.23. The molecule has 0 saturated heterocycles. The predicted octanol–water partition coefficient (Wildman–Crippen LogP) is 2.44. The molecule has 0 aliphatic carbocycles. The number of hydrogen-bond acceptors (Lipinski definition) is 5. The van der Waals surface area contributed by atoms with E-state index in [2.05, 4.69) is 15.4 Å². The fourth-order valence-corrected chi connectivity index (χ4v) is 2.61. The van der Waals surface area contributed by atoms with Gasteiger partial charge in [-0.05, 0) is 35.9 Å². The molecular weight excluding hydrogens is 344 g/mol. The molecule has 0 radical (unpaired) electrons. The summed E-state index contributed by atoms with van der Waals surface area (Å²) in [4.78, 5) is 16.9. The number of nitrogens with zero attached hydrogens (tertiary/aromatic N) is 3. The number of rotatable bonds is 8. The van der Waals surface area contributed by atoms with Gasteiger partial charge in [-0.15, -0.1) is 0 Å². The Hall–Kier alpha value is -3.19. The van der Waals surface area contributed by atoms with E-state index >= 15 is 0 Å². The van der Waals surface area contributed by atoms with Gasteiger partial charge in [0.2, 0.25) is 0 Å². The van der Waals surface area contributed by atoms with Crippen molar-refractivity contribution in [3.63, 3.8) is 0 Å². The molecule has 0 fully saturated rings. The number of carbonyl (C=O) groups is 1. The Morgan fingerprint density at radius 3 is 2.70 bits per heavy atom. The zero-order valence-corrected chi connectivity index (χ0v) is 15.4. The van der Waals surface area contributed by atoms with Gasteiger partial charge in [0, 0.05) is 44.2 Å². The van der Waals surface area contributed by atoms with Crippen LogP contribution in [-0.4, -0.2) is 41.0 Å². The van der Waals surface area contributed by atoms with Crippen molar-refractivity contribution in [3.8, 4) is 17.0 Å². The Morgan fingerprint density at radius 2 is 2.00 bits per heavy atom. The van der Waals surface area contributed by atoms with Crippen LogP contribution >= 0.6 is 0 Å². The van der Waals surface area contributed by atoms with Gasteiger partial charge in [-0.25, -0.2) is 0 Å². The lowest BCUT2D eigenvalue weighted by atomic mass is 10.1. The number of amides is 1. The first kappa shape index (κ1) is 18.6. The molecule has 0 aliphatic rings. The minimum atomic E-state index is -0.153. The normalized spacial score (nSPS) is 10.6. The highest BCUT2D eigenvalue weighted by Gasteiger charge is 2.11. The third-order valence-corrected chi connectivity index (χ3v) is 3.98. The lowest BCUT2D eigenvalue weighted by molar-refractivity contribution is 0.0951. The Bertz CT molecular complexity index is 890. The van der Waals surface area contributed by atoms with Crippen LogP contribution in [0.3, 0.4) is 0 Å². The molecule has 1 amide bonds. The van der Waals surface area contributed by atoms with Crippen molar-refractivity contribution in [1.29, 1.82) is 0 Å². The first-order valence-electron chi connectivity index (χ1n) is 8.60. The van der Waals surface area contributed by atoms with Crippen LogP contribution in [0.2, 0.25) is 0 Å². The van der Waals surface area contributed by atoms with E-state index in [4.69, 9.17) is 9.47 Å². The van der Waals surface area contributed by atoms with E-state index in [-0.39, 0.29) is 5.91 Å². The Balaban J connectivity index is 1.63. The van der Waals surface area contributed by atoms with Crippen molar-refractivity contribution >= 4 is 5.91 Å². The molecule has 140 valence electrons. The average molecular weight is 366 g/mol. The van der Waals surface area contributed by atoms with Gasteiger partial charge in [0.05, 0.1) is 18.5 Å². The first-order chi connectivity index (χ1) is 13.2. The second kappa shape index (κ2) is 8.95. The highest BCUT2D eigenvalue weighted by Crippen LogP contribution is 2.20. The van der Waals surface area contributed by atoms with Crippen LogP contribution in [-0.2, 0) is 18.3 Å². The summed E-state index contributed by atoms with van der Waals surface area (Å²) in [6, 6.07) is 10.8. The monoisotopic (exact) mass is 366 g/mol. The summed E-state index contributed by atoms with van der Waals surface area (Å²) >= 11 is 0. The summed E-state index contributed by atoms with van der Waals surface area (Å²) in [5, 5.41) is 7.12. The molecule has 0 unspecified atom stereocenters. The third-order valence-electron chi connectivity index (χ3n) is 3.98. The van der Waals surface area contributed by atoms with Crippen molar-refractivity contribution in [2.24, 2.45) is 7.05 Å². The van der Waals surface area contributed by atoms with Crippen molar-refractivity contribution in [3.05, 3.63) is 66.1 Å². The molecule has 0 saturated carbocycles. The maximum Gasteiger partial charge on any atom is 0.251 e. The molecule has 27 heavy (non-hydrogen) atoms. The molecule has 2 aromatic heterocycles. The van der Waals surface area contributed by atoms with Crippen molar-refractivity contribution in [1.82, 2.24) is 20.1 Å². The number of carbonyl (C=O) groups excluding carboxylic acids is 1. The number of benzene rings is 1. The first-order valence-corrected chi connectivity index (χ1v) is 8.60. The number of nitrogens with one attached hydrogen (secondary N) is 1. The molecular formula is C20H22N4O3. The van der Waals surface area contributed by atoms with Gasteiger partial charge in [0.25, 0.3) is 5.91 Å². The van der Waals surface area contributed by atoms with E-state index in [9.17, 15) is 4.79 Å².